The Bertz CT molecular complexity index is 540. The molecule has 21 heavy (non-hydrogen) atoms. The molecule has 1 aromatic carbocycles. The van der Waals surface area contributed by atoms with E-state index in [1.54, 1.807) is 17.0 Å². The minimum atomic E-state index is -0.124. The molecule has 0 radical (unpaired) electrons. The van der Waals surface area contributed by atoms with E-state index >= 15 is 0 Å². The van der Waals surface area contributed by atoms with Crippen molar-refractivity contribution in [3.63, 3.8) is 0 Å². The molecule has 0 spiro atoms. The van der Waals surface area contributed by atoms with E-state index in [2.05, 4.69) is 10.6 Å². The van der Waals surface area contributed by atoms with Crippen LogP contribution in [0, 0.1) is 0 Å². The third-order valence-corrected chi connectivity index (χ3v) is 3.30. The SMILES string of the molecule is CC(=O)Nc1ccc(CC(=O)N2CCNC(=O)CC2)cc1. The predicted octanol–water partition coefficient (Wildman–Crippen LogP) is 0.536. The quantitative estimate of drug-likeness (QED) is 0.852. The highest BCUT2D eigenvalue weighted by Crippen LogP contribution is 2.11. The number of hydrogen-bond donors (Lipinski definition) is 2. The molecule has 0 aliphatic carbocycles. The summed E-state index contributed by atoms with van der Waals surface area (Å²) in [5.74, 6) is -0.121. The smallest absolute Gasteiger partial charge is 0.227 e. The summed E-state index contributed by atoms with van der Waals surface area (Å²) in [5.41, 5.74) is 1.60. The van der Waals surface area contributed by atoms with Crippen molar-refractivity contribution < 1.29 is 14.4 Å². The maximum atomic E-state index is 12.2. The van der Waals surface area contributed by atoms with Crippen molar-refractivity contribution in [1.29, 1.82) is 0 Å². The molecule has 1 aliphatic rings. The van der Waals surface area contributed by atoms with Crippen molar-refractivity contribution in [2.24, 2.45) is 0 Å². The highest BCUT2D eigenvalue weighted by atomic mass is 16.2. The largest absolute Gasteiger partial charge is 0.354 e. The number of rotatable bonds is 3. The normalized spacial score (nSPS) is 15.1. The van der Waals surface area contributed by atoms with Crippen LogP contribution in [-0.2, 0) is 20.8 Å². The first-order chi connectivity index (χ1) is 10.0. The number of carbonyl (C=O) groups excluding carboxylic acids is 3. The van der Waals surface area contributed by atoms with Gasteiger partial charge in [-0.05, 0) is 17.7 Å². The fraction of sp³-hybridized carbons (Fsp3) is 0.400. The highest BCUT2D eigenvalue weighted by molar-refractivity contribution is 5.88. The summed E-state index contributed by atoms with van der Waals surface area (Å²) in [5, 5.41) is 5.43. The predicted molar refractivity (Wildman–Crippen MR) is 78.7 cm³/mol. The molecule has 1 aromatic rings. The number of benzene rings is 1. The molecule has 6 nitrogen and oxygen atoms in total. The van der Waals surface area contributed by atoms with Crippen LogP contribution in [0.4, 0.5) is 5.69 Å². The molecule has 0 unspecified atom stereocenters. The van der Waals surface area contributed by atoms with Gasteiger partial charge in [-0.25, -0.2) is 0 Å². The molecule has 2 N–H and O–H groups in total. The summed E-state index contributed by atoms with van der Waals surface area (Å²) in [7, 11) is 0. The summed E-state index contributed by atoms with van der Waals surface area (Å²) in [6, 6.07) is 7.20. The van der Waals surface area contributed by atoms with Gasteiger partial charge in [0.15, 0.2) is 0 Å². The number of nitrogens with zero attached hydrogens (tertiary/aromatic N) is 1. The van der Waals surface area contributed by atoms with Crippen molar-refractivity contribution in [3.8, 4) is 0 Å². The van der Waals surface area contributed by atoms with Crippen molar-refractivity contribution in [3.05, 3.63) is 29.8 Å². The minimum absolute atomic E-state index is 0.00930. The topological polar surface area (TPSA) is 78.5 Å². The molecule has 1 fully saturated rings. The fourth-order valence-corrected chi connectivity index (χ4v) is 2.21. The fourth-order valence-electron chi connectivity index (χ4n) is 2.21. The third-order valence-electron chi connectivity index (χ3n) is 3.30. The second-order valence-electron chi connectivity index (χ2n) is 5.04. The standard InChI is InChI=1S/C15H19N3O3/c1-11(19)17-13-4-2-12(3-5-13)10-15(21)18-8-6-14(20)16-7-9-18/h2-5H,6-10H2,1H3,(H,16,20)(H,17,19). The molecular weight excluding hydrogens is 270 g/mol. The van der Waals surface area contributed by atoms with Gasteiger partial charge in [0.2, 0.25) is 17.7 Å². The van der Waals surface area contributed by atoms with Crippen molar-refractivity contribution in [1.82, 2.24) is 10.2 Å². The number of anilines is 1. The Balaban J connectivity index is 1.92. The first kappa shape index (κ1) is 15.0. The van der Waals surface area contributed by atoms with Crippen molar-refractivity contribution in [2.45, 2.75) is 19.8 Å². The molecular formula is C15H19N3O3. The lowest BCUT2D eigenvalue weighted by Gasteiger charge is -2.19. The summed E-state index contributed by atoms with van der Waals surface area (Å²) >= 11 is 0. The molecule has 1 aliphatic heterocycles. The Hall–Kier alpha value is -2.37. The highest BCUT2D eigenvalue weighted by Gasteiger charge is 2.18. The zero-order chi connectivity index (χ0) is 15.2. The van der Waals surface area contributed by atoms with Crippen LogP contribution in [0.1, 0.15) is 18.9 Å². The van der Waals surface area contributed by atoms with Gasteiger partial charge < -0.3 is 15.5 Å². The molecule has 112 valence electrons. The maximum absolute atomic E-state index is 12.2. The van der Waals surface area contributed by atoms with Gasteiger partial charge in [-0.1, -0.05) is 12.1 Å². The van der Waals surface area contributed by atoms with Gasteiger partial charge >= 0.3 is 0 Å². The molecule has 1 heterocycles. The van der Waals surface area contributed by atoms with Crippen LogP contribution < -0.4 is 10.6 Å². The van der Waals surface area contributed by atoms with Crippen LogP contribution in [0.15, 0.2) is 24.3 Å². The molecule has 0 atom stereocenters. The number of hydrogen-bond acceptors (Lipinski definition) is 3. The van der Waals surface area contributed by atoms with Gasteiger partial charge in [0.25, 0.3) is 0 Å². The van der Waals surface area contributed by atoms with Gasteiger partial charge in [0.05, 0.1) is 6.42 Å². The van der Waals surface area contributed by atoms with E-state index in [0.717, 1.165) is 5.56 Å². The van der Waals surface area contributed by atoms with Gasteiger partial charge in [0.1, 0.15) is 0 Å². The first-order valence-corrected chi connectivity index (χ1v) is 6.95. The molecule has 2 rings (SSSR count). The van der Waals surface area contributed by atoms with Crippen LogP contribution in [0.5, 0.6) is 0 Å². The Morgan fingerprint density at radius 3 is 2.62 bits per heavy atom. The maximum Gasteiger partial charge on any atom is 0.227 e. The summed E-state index contributed by atoms with van der Waals surface area (Å²) < 4.78 is 0. The van der Waals surface area contributed by atoms with E-state index in [1.807, 2.05) is 12.1 Å². The summed E-state index contributed by atoms with van der Waals surface area (Å²) in [6.07, 6.45) is 0.655. The Labute approximate surface area is 123 Å². The van der Waals surface area contributed by atoms with Gasteiger partial charge in [0, 0.05) is 38.7 Å². The summed E-state index contributed by atoms with van der Waals surface area (Å²) in [4.78, 5) is 36.1. The van der Waals surface area contributed by atoms with E-state index in [4.69, 9.17) is 0 Å². The Kier molecular flexibility index (Phi) is 4.92. The van der Waals surface area contributed by atoms with Crippen LogP contribution in [0.25, 0.3) is 0 Å². The molecule has 3 amide bonds. The molecule has 0 bridgehead atoms. The van der Waals surface area contributed by atoms with Gasteiger partial charge in [-0.15, -0.1) is 0 Å². The van der Waals surface area contributed by atoms with E-state index < -0.39 is 0 Å². The summed E-state index contributed by atoms with van der Waals surface area (Å²) in [6.45, 7) is 2.97. The minimum Gasteiger partial charge on any atom is -0.354 e. The van der Waals surface area contributed by atoms with Crippen molar-refractivity contribution >= 4 is 23.4 Å². The number of amides is 3. The van der Waals surface area contributed by atoms with Gasteiger partial charge in [-0.2, -0.15) is 0 Å². The first-order valence-electron chi connectivity index (χ1n) is 6.95. The van der Waals surface area contributed by atoms with Gasteiger partial charge in [-0.3, -0.25) is 14.4 Å². The van der Waals surface area contributed by atoms with E-state index in [9.17, 15) is 14.4 Å². The average molecular weight is 289 g/mol. The lowest BCUT2D eigenvalue weighted by atomic mass is 10.1. The molecule has 0 saturated carbocycles. The van der Waals surface area contributed by atoms with Crippen LogP contribution >= 0.6 is 0 Å². The van der Waals surface area contributed by atoms with Crippen LogP contribution in [-0.4, -0.2) is 42.3 Å². The van der Waals surface area contributed by atoms with Crippen LogP contribution in [0.3, 0.4) is 0 Å². The average Bonchev–Trinajstić information content (AvgIpc) is 2.65. The van der Waals surface area contributed by atoms with Crippen molar-refractivity contribution in [2.75, 3.05) is 25.0 Å². The van der Waals surface area contributed by atoms with E-state index in [-0.39, 0.29) is 17.7 Å². The lowest BCUT2D eigenvalue weighted by Crippen LogP contribution is -2.35. The van der Waals surface area contributed by atoms with E-state index in [0.29, 0.717) is 38.2 Å². The second-order valence-corrected chi connectivity index (χ2v) is 5.04. The zero-order valence-corrected chi connectivity index (χ0v) is 12.0. The Morgan fingerprint density at radius 2 is 1.95 bits per heavy atom. The molecule has 1 saturated heterocycles. The Morgan fingerprint density at radius 1 is 1.24 bits per heavy atom. The third kappa shape index (κ3) is 4.59. The lowest BCUT2D eigenvalue weighted by molar-refractivity contribution is -0.130. The monoisotopic (exact) mass is 289 g/mol. The number of nitrogens with one attached hydrogen (secondary N) is 2. The second kappa shape index (κ2) is 6.88. The molecule has 0 aromatic heterocycles. The van der Waals surface area contributed by atoms with E-state index in [1.165, 1.54) is 6.92 Å². The van der Waals surface area contributed by atoms with Crippen LogP contribution in [0.2, 0.25) is 0 Å². The molecule has 6 heteroatoms. The number of carbonyl (C=O) groups is 3. The zero-order valence-electron chi connectivity index (χ0n) is 12.0.